The summed E-state index contributed by atoms with van der Waals surface area (Å²) in [6.07, 6.45) is 2.63. The molecule has 4 heteroatoms. The summed E-state index contributed by atoms with van der Waals surface area (Å²) in [6.45, 7) is 5.47. The maximum atomic E-state index is 13.1. The summed E-state index contributed by atoms with van der Waals surface area (Å²) in [5.41, 5.74) is 6.65. The molecule has 0 saturated carbocycles. The number of hydrogen-bond acceptors (Lipinski definition) is 3. The Labute approximate surface area is 120 Å². The molecular formula is C16H25FN2O. The van der Waals surface area contributed by atoms with Gasteiger partial charge in [0.2, 0.25) is 0 Å². The van der Waals surface area contributed by atoms with E-state index in [1.165, 1.54) is 12.1 Å². The molecule has 3 N–H and O–H groups in total. The average Bonchev–Trinajstić information content (AvgIpc) is 2.40. The zero-order chi connectivity index (χ0) is 14.8. The quantitative estimate of drug-likeness (QED) is 0.890. The third-order valence-electron chi connectivity index (χ3n) is 4.19. The number of β-amino-alcohol motifs (C(OH)–C–C–N with tert-alkyl or cyclic N) is 1. The van der Waals surface area contributed by atoms with Gasteiger partial charge in [-0.15, -0.1) is 0 Å². The fourth-order valence-electron chi connectivity index (χ4n) is 3.11. The largest absolute Gasteiger partial charge is 0.389 e. The lowest BCUT2D eigenvalue weighted by Gasteiger charge is -2.43. The van der Waals surface area contributed by atoms with Gasteiger partial charge in [0.25, 0.3) is 0 Å². The van der Waals surface area contributed by atoms with E-state index in [4.69, 9.17) is 5.73 Å². The van der Waals surface area contributed by atoms with Crippen LogP contribution < -0.4 is 5.73 Å². The molecule has 0 spiro atoms. The van der Waals surface area contributed by atoms with Gasteiger partial charge in [0, 0.05) is 18.6 Å². The lowest BCUT2D eigenvalue weighted by molar-refractivity contribution is -0.0343. The van der Waals surface area contributed by atoms with E-state index in [-0.39, 0.29) is 17.9 Å². The predicted molar refractivity (Wildman–Crippen MR) is 78.8 cm³/mol. The van der Waals surface area contributed by atoms with Crippen LogP contribution in [0.15, 0.2) is 24.3 Å². The van der Waals surface area contributed by atoms with E-state index in [0.29, 0.717) is 6.54 Å². The molecule has 0 aromatic heterocycles. The molecule has 0 bridgehead atoms. The number of nitrogens with zero attached hydrogens (tertiary/aromatic N) is 1. The van der Waals surface area contributed by atoms with E-state index >= 15 is 0 Å². The third-order valence-corrected chi connectivity index (χ3v) is 4.19. The van der Waals surface area contributed by atoms with Crippen LogP contribution in [0, 0.1) is 5.82 Å². The minimum absolute atomic E-state index is 0.0191. The number of hydrogen-bond donors (Lipinski definition) is 2. The molecule has 0 amide bonds. The number of benzene rings is 1. The molecule has 1 heterocycles. The van der Waals surface area contributed by atoms with Crippen molar-refractivity contribution < 1.29 is 9.50 Å². The van der Waals surface area contributed by atoms with Crippen molar-refractivity contribution in [2.45, 2.75) is 50.8 Å². The van der Waals surface area contributed by atoms with Gasteiger partial charge in [-0.25, -0.2) is 4.39 Å². The molecule has 0 radical (unpaired) electrons. The first kappa shape index (κ1) is 15.4. The number of piperidine rings is 1. The van der Waals surface area contributed by atoms with Crippen molar-refractivity contribution in [1.82, 2.24) is 4.90 Å². The molecule has 1 aromatic carbocycles. The van der Waals surface area contributed by atoms with Crippen LogP contribution in [0.5, 0.6) is 0 Å². The number of rotatable bonds is 4. The highest BCUT2D eigenvalue weighted by atomic mass is 19.1. The molecule has 2 rings (SSSR count). The molecule has 1 aromatic rings. The summed E-state index contributed by atoms with van der Waals surface area (Å²) in [5, 5.41) is 10.3. The van der Waals surface area contributed by atoms with Gasteiger partial charge in [-0.3, -0.25) is 4.90 Å². The molecule has 1 saturated heterocycles. The van der Waals surface area contributed by atoms with Crippen molar-refractivity contribution in [3.63, 3.8) is 0 Å². The monoisotopic (exact) mass is 280 g/mol. The first-order valence-corrected chi connectivity index (χ1v) is 7.40. The molecule has 3 nitrogen and oxygen atoms in total. The number of nitrogens with two attached hydrogens (primary N) is 1. The topological polar surface area (TPSA) is 49.5 Å². The van der Waals surface area contributed by atoms with Gasteiger partial charge in [-0.2, -0.15) is 0 Å². The zero-order valence-corrected chi connectivity index (χ0v) is 12.3. The van der Waals surface area contributed by atoms with E-state index in [2.05, 4.69) is 11.8 Å². The summed E-state index contributed by atoms with van der Waals surface area (Å²) in [4.78, 5) is 2.24. The molecule has 3 atom stereocenters. The maximum Gasteiger partial charge on any atom is 0.123 e. The fraction of sp³-hybridized carbons (Fsp3) is 0.625. The van der Waals surface area contributed by atoms with E-state index in [1.54, 1.807) is 12.1 Å². The summed E-state index contributed by atoms with van der Waals surface area (Å²) < 4.78 is 13.1. The molecule has 1 aliphatic heterocycles. The van der Waals surface area contributed by atoms with Gasteiger partial charge in [0.15, 0.2) is 0 Å². The van der Waals surface area contributed by atoms with Gasteiger partial charge >= 0.3 is 0 Å². The van der Waals surface area contributed by atoms with Crippen LogP contribution >= 0.6 is 0 Å². The number of likely N-dealkylation sites (tertiary alicyclic amines) is 1. The highest BCUT2D eigenvalue weighted by Crippen LogP contribution is 2.31. The van der Waals surface area contributed by atoms with Crippen LogP contribution in [-0.4, -0.2) is 34.7 Å². The minimum Gasteiger partial charge on any atom is -0.389 e. The van der Waals surface area contributed by atoms with Gasteiger partial charge in [0.1, 0.15) is 5.82 Å². The van der Waals surface area contributed by atoms with Crippen molar-refractivity contribution in [3.8, 4) is 0 Å². The van der Waals surface area contributed by atoms with Crippen LogP contribution in [-0.2, 0) is 0 Å². The zero-order valence-electron chi connectivity index (χ0n) is 12.3. The van der Waals surface area contributed by atoms with Gasteiger partial charge in [-0.05, 0) is 50.4 Å². The van der Waals surface area contributed by atoms with Crippen LogP contribution in [0.1, 0.15) is 44.7 Å². The van der Waals surface area contributed by atoms with Gasteiger partial charge in [-0.1, -0.05) is 19.1 Å². The highest BCUT2D eigenvalue weighted by Gasteiger charge is 2.34. The molecule has 20 heavy (non-hydrogen) atoms. The summed E-state index contributed by atoms with van der Waals surface area (Å²) in [7, 11) is 0. The molecule has 0 aliphatic carbocycles. The number of halogens is 1. The van der Waals surface area contributed by atoms with E-state index in [9.17, 15) is 9.50 Å². The second-order valence-corrected chi connectivity index (χ2v) is 6.14. The second kappa shape index (κ2) is 6.20. The Morgan fingerprint density at radius 2 is 2.05 bits per heavy atom. The van der Waals surface area contributed by atoms with Crippen molar-refractivity contribution in [1.29, 1.82) is 0 Å². The second-order valence-electron chi connectivity index (χ2n) is 6.14. The highest BCUT2D eigenvalue weighted by molar-refractivity contribution is 5.22. The van der Waals surface area contributed by atoms with E-state index in [0.717, 1.165) is 31.4 Å². The summed E-state index contributed by atoms with van der Waals surface area (Å²) in [6, 6.07) is 6.58. The fourth-order valence-corrected chi connectivity index (χ4v) is 3.11. The Kier molecular flexibility index (Phi) is 4.78. The third kappa shape index (κ3) is 3.57. The Balaban J connectivity index is 2.25. The first-order valence-electron chi connectivity index (χ1n) is 7.40. The average molecular weight is 280 g/mol. The van der Waals surface area contributed by atoms with Crippen LogP contribution in [0.25, 0.3) is 0 Å². The SMILES string of the molecule is CCC(N)C(c1ccc(F)cc1)N1CCCC(C)(O)C1. The van der Waals surface area contributed by atoms with Crippen molar-refractivity contribution in [2.75, 3.05) is 13.1 Å². The Bertz CT molecular complexity index is 433. The van der Waals surface area contributed by atoms with Crippen molar-refractivity contribution >= 4 is 0 Å². The summed E-state index contributed by atoms with van der Waals surface area (Å²) >= 11 is 0. The first-order chi connectivity index (χ1) is 9.43. The summed E-state index contributed by atoms with van der Waals surface area (Å²) in [5.74, 6) is -0.233. The number of aliphatic hydroxyl groups is 1. The lowest BCUT2D eigenvalue weighted by Crippen LogP contribution is -2.51. The Morgan fingerprint density at radius 1 is 1.40 bits per heavy atom. The van der Waals surface area contributed by atoms with Crippen molar-refractivity contribution in [2.24, 2.45) is 5.73 Å². The lowest BCUT2D eigenvalue weighted by atomic mass is 9.89. The van der Waals surface area contributed by atoms with Gasteiger partial charge < -0.3 is 10.8 Å². The van der Waals surface area contributed by atoms with Gasteiger partial charge in [0.05, 0.1) is 5.60 Å². The normalized spacial score (nSPS) is 27.2. The van der Waals surface area contributed by atoms with Crippen LogP contribution in [0.3, 0.4) is 0 Å². The Morgan fingerprint density at radius 3 is 2.60 bits per heavy atom. The molecule has 112 valence electrons. The predicted octanol–water partition coefficient (Wildman–Crippen LogP) is 2.45. The Hall–Kier alpha value is -0.970. The molecule has 3 unspecified atom stereocenters. The van der Waals surface area contributed by atoms with Crippen molar-refractivity contribution in [3.05, 3.63) is 35.6 Å². The smallest absolute Gasteiger partial charge is 0.123 e. The minimum atomic E-state index is -0.663. The van der Waals surface area contributed by atoms with Crippen LogP contribution in [0.4, 0.5) is 4.39 Å². The standard InChI is InChI=1S/C16H25FN2O/c1-3-14(18)15(12-5-7-13(17)8-6-12)19-10-4-9-16(2,20)11-19/h5-8,14-15,20H,3-4,9-11,18H2,1-2H3. The van der Waals surface area contributed by atoms with E-state index < -0.39 is 5.60 Å². The molecular weight excluding hydrogens is 255 g/mol. The molecule has 1 fully saturated rings. The maximum absolute atomic E-state index is 13.1. The molecule has 1 aliphatic rings. The van der Waals surface area contributed by atoms with E-state index in [1.807, 2.05) is 6.92 Å². The van der Waals surface area contributed by atoms with Crippen LogP contribution in [0.2, 0.25) is 0 Å².